The van der Waals surface area contributed by atoms with Crippen molar-refractivity contribution >= 4 is 27.4 Å². The Bertz CT molecular complexity index is 616. The van der Waals surface area contributed by atoms with E-state index < -0.39 is 5.97 Å². The van der Waals surface area contributed by atoms with E-state index in [1.54, 1.807) is 0 Å². The van der Waals surface area contributed by atoms with E-state index in [9.17, 15) is 15.0 Å². The number of nitrogens with one attached hydrogen (secondary N) is 1. The molecule has 0 unspecified atom stereocenters. The van der Waals surface area contributed by atoms with Gasteiger partial charge in [0.15, 0.2) is 0 Å². The molecule has 0 spiro atoms. The van der Waals surface area contributed by atoms with Gasteiger partial charge in [-0.05, 0) is 29.9 Å². The molecule has 0 bridgehead atoms. The molecule has 100 valence electrons. The number of aliphatic hydroxyl groups excluding tert-OH is 1. The topological polar surface area (TPSA) is 69.6 Å². The molecule has 0 atom stereocenters. The molecule has 3 rings (SSSR count). The Morgan fingerprint density at radius 2 is 2.11 bits per heavy atom. The van der Waals surface area contributed by atoms with Gasteiger partial charge in [-0.15, -0.1) is 11.3 Å². The molecule has 2 aromatic rings. The average Bonchev–Trinajstić information content (AvgIpc) is 2.72. The van der Waals surface area contributed by atoms with Crippen LogP contribution in [0.1, 0.15) is 28.1 Å². The van der Waals surface area contributed by atoms with E-state index in [1.165, 1.54) is 11.3 Å². The lowest BCUT2D eigenvalue weighted by atomic mass is 9.89. The third kappa shape index (κ3) is 2.36. The number of hydrogen-bond donors (Lipinski definition) is 3. The zero-order chi connectivity index (χ0) is 13.4. The largest absolute Gasteiger partial charge is 0.477 e. The Hall–Kier alpha value is -1.43. The van der Waals surface area contributed by atoms with Gasteiger partial charge in [-0.1, -0.05) is 18.2 Å². The zero-order valence-corrected chi connectivity index (χ0v) is 11.1. The Morgan fingerprint density at radius 1 is 1.37 bits per heavy atom. The molecule has 3 N–H and O–H groups in total. The number of hydrogen-bond acceptors (Lipinski definition) is 4. The predicted octanol–water partition coefficient (Wildman–Crippen LogP) is 2.21. The molecule has 19 heavy (non-hydrogen) atoms. The first kappa shape index (κ1) is 12.6. The molecule has 1 aromatic carbocycles. The van der Waals surface area contributed by atoms with Crippen molar-refractivity contribution in [3.05, 3.63) is 34.7 Å². The van der Waals surface area contributed by atoms with Gasteiger partial charge in [0.1, 0.15) is 4.88 Å². The van der Waals surface area contributed by atoms with Crippen LogP contribution in [0.5, 0.6) is 0 Å². The molecule has 1 heterocycles. The minimum atomic E-state index is -0.869. The van der Waals surface area contributed by atoms with E-state index >= 15 is 0 Å². The minimum absolute atomic E-state index is 0.198. The van der Waals surface area contributed by atoms with Gasteiger partial charge in [-0.25, -0.2) is 4.79 Å². The molecule has 1 aliphatic rings. The number of thiophene rings is 1. The normalized spacial score (nSPS) is 22.4. The Morgan fingerprint density at radius 3 is 2.79 bits per heavy atom. The second-order valence-corrected chi connectivity index (χ2v) is 5.97. The van der Waals surface area contributed by atoms with Gasteiger partial charge in [0.2, 0.25) is 0 Å². The van der Waals surface area contributed by atoms with Crippen molar-refractivity contribution in [3.63, 3.8) is 0 Å². The summed E-state index contributed by atoms with van der Waals surface area (Å²) >= 11 is 1.32. The Kier molecular flexibility index (Phi) is 3.26. The van der Waals surface area contributed by atoms with Crippen LogP contribution < -0.4 is 5.32 Å². The van der Waals surface area contributed by atoms with Crippen LogP contribution in [0, 0.1) is 0 Å². The van der Waals surface area contributed by atoms with Crippen LogP contribution in [-0.4, -0.2) is 28.3 Å². The van der Waals surface area contributed by atoms with Crippen LogP contribution >= 0.6 is 11.3 Å². The standard InChI is InChI=1S/C14H15NO3S/c16-9-5-8(6-9)15-7-11-10-3-1-2-4-12(10)19-13(11)14(17)18/h1-4,8-9,15-16H,5-7H2,(H,17,18). The fraction of sp³-hybridized carbons (Fsp3) is 0.357. The summed E-state index contributed by atoms with van der Waals surface area (Å²) in [6.45, 7) is 0.545. The van der Waals surface area contributed by atoms with Crippen molar-refractivity contribution in [3.8, 4) is 0 Å². The maximum atomic E-state index is 11.3. The number of aromatic carboxylic acids is 1. The van der Waals surface area contributed by atoms with Gasteiger partial charge in [0.25, 0.3) is 0 Å². The van der Waals surface area contributed by atoms with Crippen LogP contribution in [0.25, 0.3) is 10.1 Å². The highest BCUT2D eigenvalue weighted by Crippen LogP contribution is 2.32. The second-order valence-electron chi connectivity index (χ2n) is 4.91. The lowest BCUT2D eigenvalue weighted by Crippen LogP contribution is -2.43. The smallest absolute Gasteiger partial charge is 0.346 e. The molecule has 0 radical (unpaired) electrons. The van der Waals surface area contributed by atoms with E-state index in [0.717, 1.165) is 28.5 Å². The number of fused-ring (bicyclic) bond motifs is 1. The summed E-state index contributed by atoms with van der Waals surface area (Å²) in [4.78, 5) is 11.7. The van der Waals surface area contributed by atoms with Gasteiger partial charge < -0.3 is 15.5 Å². The van der Waals surface area contributed by atoms with Crippen LogP contribution in [-0.2, 0) is 6.54 Å². The second kappa shape index (κ2) is 4.92. The van der Waals surface area contributed by atoms with Crippen molar-refractivity contribution in [2.24, 2.45) is 0 Å². The molecule has 0 amide bonds. The first-order valence-corrected chi connectivity index (χ1v) is 7.12. The number of carboxylic acid groups (broad SMARTS) is 1. The number of rotatable bonds is 4. The lowest BCUT2D eigenvalue weighted by molar-refractivity contribution is 0.0615. The van der Waals surface area contributed by atoms with Gasteiger partial charge in [-0.2, -0.15) is 0 Å². The maximum absolute atomic E-state index is 11.3. The summed E-state index contributed by atoms with van der Waals surface area (Å²) in [6.07, 6.45) is 1.31. The van der Waals surface area contributed by atoms with Crippen LogP contribution in [0.15, 0.2) is 24.3 Å². The Labute approximate surface area is 114 Å². The molecular formula is C14H15NO3S. The van der Waals surface area contributed by atoms with E-state index in [2.05, 4.69) is 5.32 Å². The van der Waals surface area contributed by atoms with Crippen molar-refractivity contribution in [1.29, 1.82) is 0 Å². The van der Waals surface area contributed by atoms with Crippen molar-refractivity contribution in [2.75, 3.05) is 0 Å². The number of aliphatic hydroxyl groups is 1. The van der Waals surface area contributed by atoms with Crippen molar-refractivity contribution in [1.82, 2.24) is 5.32 Å². The monoisotopic (exact) mass is 277 g/mol. The third-order valence-electron chi connectivity index (χ3n) is 3.57. The molecule has 1 aromatic heterocycles. The van der Waals surface area contributed by atoms with Gasteiger partial charge in [0.05, 0.1) is 6.10 Å². The number of benzene rings is 1. The first-order valence-electron chi connectivity index (χ1n) is 6.30. The molecule has 4 nitrogen and oxygen atoms in total. The van der Waals surface area contributed by atoms with Gasteiger partial charge in [-0.3, -0.25) is 0 Å². The van der Waals surface area contributed by atoms with Crippen LogP contribution in [0.3, 0.4) is 0 Å². The Balaban J connectivity index is 1.87. The highest BCUT2D eigenvalue weighted by Gasteiger charge is 2.27. The van der Waals surface area contributed by atoms with Crippen molar-refractivity contribution < 1.29 is 15.0 Å². The summed E-state index contributed by atoms with van der Waals surface area (Å²) < 4.78 is 1.00. The molecular weight excluding hydrogens is 262 g/mol. The molecule has 5 heteroatoms. The molecule has 1 saturated carbocycles. The van der Waals surface area contributed by atoms with E-state index in [1.807, 2.05) is 24.3 Å². The fourth-order valence-corrected chi connectivity index (χ4v) is 3.51. The van der Waals surface area contributed by atoms with E-state index in [-0.39, 0.29) is 6.10 Å². The number of carbonyl (C=O) groups is 1. The van der Waals surface area contributed by atoms with Gasteiger partial charge >= 0.3 is 5.97 Å². The summed E-state index contributed by atoms with van der Waals surface area (Å²) in [5.41, 5.74) is 0.856. The molecule has 1 fully saturated rings. The quantitative estimate of drug-likeness (QED) is 0.801. The fourth-order valence-electron chi connectivity index (χ4n) is 2.45. The first-order chi connectivity index (χ1) is 9.15. The summed E-state index contributed by atoms with van der Waals surface area (Å²) in [6, 6.07) is 8.06. The summed E-state index contributed by atoms with van der Waals surface area (Å²) in [7, 11) is 0. The molecule has 0 saturated heterocycles. The predicted molar refractivity (Wildman–Crippen MR) is 74.7 cm³/mol. The SMILES string of the molecule is O=C(O)c1sc2ccccc2c1CNC1CC(O)C1. The van der Waals surface area contributed by atoms with Crippen molar-refractivity contribution in [2.45, 2.75) is 31.5 Å². The average molecular weight is 277 g/mol. The van der Waals surface area contributed by atoms with Gasteiger partial charge in [0, 0.05) is 17.3 Å². The van der Waals surface area contributed by atoms with E-state index in [4.69, 9.17) is 0 Å². The van der Waals surface area contributed by atoms with Crippen LogP contribution in [0.2, 0.25) is 0 Å². The summed E-state index contributed by atoms with van der Waals surface area (Å²) in [5.74, 6) is -0.869. The molecule has 0 aliphatic heterocycles. The van der Waals surface area contributed by atoms with E-state index in [0.29, 0.717) is 17.5 Å². The summed E-state index contributed by atoms with van der Waals surface area (Å²) in [5, 5.41) is 22.9. The highest BCUT2D eigenvalue weighted by atomic mass is 32.1. The highest BCUT2D eigenvalue weighted by molar-refractivity contribution is 7.21. The third-order valence-corrected chi connectivity index (χ3v) is 4.77. The molecule has 1 aliphatic carbocycles. The minimum Gasteiger partial charge on any atom is -0.477 e. The number of carboxylic acids is 1. The zero-order valence-electron chi connectivity index (χ0n) is 10.3. The van der Waals surface area contributed by atoms with Crippen LogP contribution in [0.4, 0.5) is 0 Å². The maximum Gasteiger partial charge on any atom is 0.346 e. The lowest BCUT2D eigenvalue weighted by Gasteiger charge is -2.32.